The van der Waals surface area contributed by atoms with Crippen molar-refractivity contribution in [1.29, 1.82) is 0 Å². The Balaban J connectivity index is 1.48. The van der Waals surface area contributed by atoms with Gasteiger partial charge in [-0.2, -0.15) is 0 Å². The van der Waals surface area contributed by atoms with Crippen molar-refractivity contribution in [3.05, 3.63) is 47.0 Å². The van der Waals surface area contributed by atoms with Gasteiger partial charge < -0.3 is 10.1 Å². The zero-order chi connectivity index (χ0) is 18.3. The number of imide groups is 1. The van der Waals surface area contributed by atoms with Crippen LogP contribution in [0.3, 0.4) is 0 Å². The van der Waals surface area contributed by atoms with E-state index >= 15 is 0 Å². The third-order valence-corrected chi connectivity index (χ3v) is 5.56. The summed E-state index contributed by atoms with van der Waals surface area (Å²) < 4.78 is 4.98. The normalized spacial score (nSPS) is 25.9. The summed E-state index contributed by atoms with van der Waals surface area (Å²) in [6.07, 6.45) is 7.08. The fraction of sp³-hybridized carbons (Fsp3) is 0.450. The van der Waals surface area contributed by atoms with Crippen LogP contribution in [-0.2, 0) is 4.74 Å². The molecule has 1 aliphatic heterocycles. The lowest BCUT2D eigenvalue weighted by Crippen LogP contribution is -2.37. The van der Waals surface area contributed by atoms with Gasteiger partial charge in [0.2, 0.25) is 0 Å². The highest BCUT2D eigenvalue weighted by molar-refractivity contribution is 6.22. The number of nitrogens with zero attached hydrogens (tertiary/aromatic N) is 1. The minimum absolute atomic E-state index is 0.161. The van der Waals surface area contributed by atoms with Crippen molar-refractivity contribution in [3.63, 3.8) is 0 Å². The molecule has 3 amide bonds. The number of amides is 3. The zero-order valence-corrected chi connectivity index (χ0v) is 14.7. The average Bonchev–Trinajstić information content (AvgIpc) is 3.32. The Morgan fingerprint density at radius 1 is 1.19 bits per heavy atom. The van der Waals surface area contributed by atoms with E-state index in [1.54, 1.807) is 25.3 Å². The van der Waals surface area contributed by atoms with E-state index in [1.807, 2.05) is 0 Å². The van der Waals surface area contributed by atoms with Crippen molar-refractivity contribution in [2.24, 2.45) is 11.8 Å². The van der Waals surface area contributed by atoms with Crippen LogP contribution in [0.4, 0.5) is 0 Å². The zero-order valence-electron chi connectivity index (χ0n) is 14.7. The Morgan fingerprint density at radius 3 is 2.69 bits per heavy atom. The summed E-state index contributed by atoms with van der Waals surface area (Å²) in [4.78, 5) is 38.8. The van der Waals surface area contributed by atoms with Crippen LogP contribution in [0.2, 0.25) is 0 Å². The molecule has 1 aromatic rings. The maximum atomic E-state index is 12.6. The average molecular weight is 354 g/mol. The highest BCUT2D eigenvalue weighted by Crippen LogP contribution is 2.39. The standard InChI is InChI=1S/C20H22N2O4/c1-26-8-2-7-22-19(24)15-6-5-14(11-16(15)20(22)25)18(23)21-17-10-12-3-4-13(17)9-12/h3-6,11-13,17H,2,7-10H2,1H3,(H,21,23). The summed E-state index contributed by atoms with van der Waals surface area (Å²) in [6.45, 7) is 0.804. The second-order valence-electron chi connectivity index (χ2n) is 7.23. The van der Waals surface area contributed by atoms with E-state index in [4.69, 9.17) is 4.74 Å². The lowest BCUT2D eigenvalue weighted by molar-refractivity contribution is 0.0638. The number of methoxy groups -OCH3 is 1. The number of carbonyl (C=O) groups is 3. The van der Waals surface area contributed by atoms with Gasteiger partial charge in [-0.1, -0.05) is 12.2 Å². The molecule has 3 aliphatic rings. The van der Waals surface area contributed by atoms with Crippen molar-refractivity contribution < 1.29 is 19.1 Å². The minimum Gasteiger partial charge on any atom is -0.385 e. The van der Waals surface area contributed by atoms with Crippen LogP contribution in [0.1, 0.15) is 50.3 Å². The lowest BCUT2D eigenvalue weighted by atomic mass is 10.0. The van der Waals surface area contributed by atoms with Gasteiger partial charge in [-0.15, -0.1) is 0 Å². The van der Waals surface area contributed by atoms with Gasteiger partial charge in [-0.05, 0) is 49.3 Å². The van der Waals surface area contributed by atoms with E-state index in [2.05, 4.69) is 17.5 Å². The summed E-state index contributed by atoms with van der Waals surface area (Å²) in [5, 5.41) is 3.08. The van der Waals surface area contributed by atoms with E-state index < -0.39 is 0 Å². The van der Waals surface area contributed by atoms with Gasteiger partial charge >= 0.3 is 0 Å². The first-order valence-corrected chi connectivity index (χ1v) is 9.07. The Bertz CT molecular complexity index is 801. The largest absolute Gasteiger partial charge is 0.385 e. The molecule has 0 spiro atoms. The molecule has 1 heterocycles. The van der Waals surface area contributed by atoms with Crippen molar-refractivity contribution >= 4 is 17.7 Å². The van der Waals surface area contributed by atoms with Gasteiger partial charge in [0.15, 0.2) is 0 Å². The third-order valence-electron chi connectivity index (χ3n) is 5.56. The van der Waals surface area contributed by atoms with Gasteiger partial charge in [0, 0.05) is 31.9 Å². The summed E-state index contributed by atoms with van der Waals surface area (Å²) in [5.41, 5.74) is 1.11. The first-order valence-electron chi connectivity index (χ1n) is 9.07. The predicted octanol–water partition coefficient (Wildman–Crippen LogP) is 2.01. The number of nitrogens with one attached hydrogen (secondary N) is 1. The molecule has 0 saturated heterocycles. The van der Waals surface area contributed by atoms with Crippen LogP contribution in [0, 0.1) is 11.8 Å². The molecule has 4 rings (SSSR count). The summed E-state index contributed by atoms with van der Waals surface area (Å²) in [7, 11) is 1.58. The molecule has 26 heavy (non-hydrogen) atoms. The quantitative estimate of drug-likeness (QED) is 0.482. The van der Waals surface area contributed by atoms with Gasteiger partial charge in [-0.3, -0.25) is 19.3 Å². The molecule has 3 unspecified atom stereocenters. The van der Waals surface area contributed by atoms with E-state index in [9.17, 15) is 14.4 Å². The van der Waals surface area contributed by atoms with Crippen molar-refractivity contribution in [3.8, 4) is 0 Å². The molecule has 1 fully saturated rings. The maximum absolute atomic E-state index is 12.6. The van der Waals surface area contributed by atoms with Crippen LogP contribution in [0.25, 0.3) is 0 Å². The molecule has 1 aromatic carbocycles. The van der Waals surface area contributed by atoms with Gasteiger partial charge in [0.1, 0.15) is 0 Å². The Labute approximate surface area is 152 Å². The van der Waals surface area contributed by atoms with Crippen LogP contribution >= 0.6 is 0 Å². The number of rotatable bonds is 6. The van der Waals surface area contributed by atoms with Gasteiger partial charge in [-0.25, -0.2) is 0 Å². The van der Waals surface area contributed by atoms with Gasteiger partial charge in [0.05, 0.1) is 11.1 Å². The van der Waals surface area contributed by atoms with Crippen LogP contribution in [-0.4, -0.2) is 48.9 Å². The number of fused-ring (bicyclic) bond motifs is 3. The Hall–Kier alpha value is -2.47. The summed E-state index contributed by atoms with van der Waals surface area (Å²) in [5.74, 6) is 0.171. The number of ether oxygens (including phenoxy) is 1. The molecule has 6 heteroatoms. The number of hydrogen-bond donors (Lipinski definition) is 1. The molecule has 0 radical (unpaired) electrons. The van der Waals surface area contributed by atoms with Crippen LogP contribution in [0.15, 0.2) is 30.4 Å². The number of benzene rings is 1. The molecule has 3 atom stereocenters. The predicted molar refractivity (Wildman–Crippen MR) is 94.9 cm³/mol. The van der Waals surface area contributed by atoms with Crippen molar-refractivity contribution in [2.75, 3.05) is 20.3 Å². The maximum Gasteiger partial charge on any atom is 0.261 e. The van der Waals surface area contributed by atoms with E-state index in [-0.39, 0.29) is 23.8 Å². The Kier molecular flexibility index (Phi) is 4.36. The van der Waals surface area contributed by atoms with E-state index in [0.717, 1.165) is 12.8 Å². The summed E-state index contributed by atoms with van der Waals surface area (Å²) in [6, 6.07) is 4.92. The van der Waals surface area contributed by atoms with Gasteiger partial charge in [0.25, 0.3) is 17.7 Å². The molecule has 6 nitrogen and oxygen atoms in total. The van der Waals surface area contributed by atoms with Crippen molar-refractivity contribution in [1.82, 2.24) is 10.2 Å². The third kappa shape index (κ3) is 2.84. The first kappa shape index (κ1) is 17.0. The molecular formula is C20H22N2O4. The number of allylic oxidation sites excluding steroid dienone is 1. The van der Waals surface area contributed by atoms with Crippen LogP contribution < -0.4 is 5.32 Å². The second-order valence-corrected chi connectivity index (χ2v) is 7.23. The lowest BCUT2D eigenvalue weighted by Gasteiger charge is -2.19. The number of hydrogen-bond acceptors (Lipinski definition) is 4. The van der Waals surface area contributed by atoms with E-state index in [0.29, 0.717) is 48.1 Å². The molecule has 2 aliphatic carbocycles. The summed E-state index contributed by atoms with van der Waals surface area (Å²) >= 11 is 0. The molecule has 1 N–H and O–H groups in total. The van der Waals surface area contributed by atoms with Crippen molar-refractivity contribution in [2.45, 2.75) is 25.3 Å². The fourth-order valence-electron chi connectivity index (χ4n) is 4.20. The highest BCUT2D eigenvalue weighted by atomic mass is 16.5. The molecule has 2 bridgehead atoms. The molecular weight excluding hydrogens is 332 g/mol. The molecule has 1 saturated carbocycles. The number of carbonyl (C=O) groups excluding carboxylic acids is 3. The van der Waals surface area contributed by atoms with E-state index in [1.165, 1.54) is 4.90 Å². The molecule has 0 aromatic heterocycles. The smallest absolute Gasteiger partial charge is 0.261 e. The first-order chi connectivity index (χ1) is 12.6. The Morgan fingerprint density at radius 2 is 2.00 bits per heavy atom. The minimum atomic E-state index is -0.335. The fourth-order valence-corrected chi connectivity index (χ4v) is 4.20. The highest BCUT2D eigenvalue weighted by Gasteiger charge is 2.38. The SMILES string of the molecule is COCCCN1C(=O)c2ccc(C(=O)NC3CC4C=CC3C4)cc2C1=O. The second kappa shape index (κ2) is 6.68. The molecule has 136 valence electrons. The monoisotopic (exact) mass is 354 g/mol. The van der Waals surface area contributed by atoms with Crippen LogP contribution in [0.5, 0.6) is 0 Å². The topological polar surface area (TPSA) is 75.7 Å².